The lowest BCUT2D eigenvalue weighted by atomic mass is 9.91. The van der Waals surface area contributed by atoms with Crippen LogP contribution in [0.2, 0.25) is 0 Å². The molecule has 0 fully saturated rings. The smallest absolute Gasteiger partial charge is 0.0541 e. The van der Waals surface area contributed by atoms with Gasteiger partial charge in [-0.25, -0.2) is 0 Å². The molecule has 13 aromatic rings. The second kappa shape index (κ2) is 16.5. The molecule has 2 nitrogen and oxygen atoms in total. The SMILES string of the molecule is c1ccc(-c2cccc3cccc(-c4ccc(N(c5cccc(-c6cccc7ccccc67)c5)c5ccc6cc(-c7ccc(-n8c9ccccc9c9ccccc98)cc7)ccc6c5)cc4)c23)cc1. The Morgan fingerprint density at radius 3 is 1.49 bits per heavy atom. The third-order valence-electron chi connectivity index (χ3n) is 13.8. The molecule has 13 rings (SSSR count). The van der Waals surface area contributed by atoms with Gasteiger partial charge in [0.15, 0.2) is 0 Å². The highest BCUT2D eigenvalue weighted by Gasteiger charge is 2.18. The van der Waals surface area contributed by atoms with Crippen LogP contribution in [-0.4, -0.2) is 4.57 Å². The van der Waals surface area contributed by atoms with Crippen molar-refractivity contribution in [2.24, 2.45) is 0 Å². The van der Waals surface area contributed by atoms with Crippen LogP contribution >= 0.6 is 0 Å². The van der Waals surface area contributed by atoms with E-state index in [0.717, 1.165) is 22.7 Å². The van der Waals surface area contributed by atoms with Gasteiger partial charge in [0.25, 0.3) is 0 Å². The zero-order valence-corrected chi connectivity index (χ0v) is 37.3. The normalized spacial score (nSPS) is 11.5. The number of hydrogen-bond acceptors (Lipinski definition) is 1. The number of para-hydroxylation sites is 2. The van der Waals surface area contributed by atoms with Gasteiger partial charge in [0.2, 0.25) is 0 Å². The second-order valence-electron chi connectivity index (χ2n) is 17.7. The van der Waals surface area contributed by atoms with Crippen LogP contribution in [-0.2, 0) is 0 Å². The number of anilines is 3. The molecule has 0 saturated carbocycles. The van der Waals surface area contributed by atoms with E-state index >= 15 is 0 Å². The minimum atomic E-state index is 1.09. The van der Waals surface area contributed by atoms with Gasteiger partial charge in [0, 0.05) is 33.5 Å². The Kier molecular flexibility index (Phi) is 9.54. The Balaban J connectivity index is 0.891. The lowest BCUT2D eigenvalue weighted by Gasteiger charge is -2.27. The quantitative estimate of drug-likeness (QED) is 0.148. The molecule has 0 unspecified atom stereocenters. The summed E-state index contributed by atoms with van der Waals surface area (Å²) >= 11 is 0. The number of fused-ring (bicyclic) bond motifs is 6. The van der Waals surface area contributed by atoms with Crippen LogP contribution < -0.4 is 4.90 Å². The molecule has 0 saturated heterocycles. The molecule has 0 aliphatic carbocycles. The van der Waals surface area contributed by atoms with E-state index in [9.17, 15) is 0 Å². The number of aromatic nitrogens is 1. The van der Waals surface area contributed by atoms with E-state index in [2.05, 4.69) is 276 Å². The van der Waals surface area contributed by atoms with Crippen LogP contribution in [0.1, 0.15) is 0 Å². The lowest BCUT2D eigenvalue weighted by Crippen LogP contribution is -2.10. The Morgan fingerprint density at radius 2 is 0.750 bits per heavy atom. The summed E-state index contributed by atoms with van der Waals surface area (Å²) in [6.07, 6.45) is 0. The summed E-state index contributed by atoms with van der Waals surface area (Å²) in [7, 11) is 0. The summed E-state index contributed by atoms with van der Waals surface area (Å²) in [4.78, 5) is 2.40. The maximum Gasteiger partial charge on any atom is 0.0541 e. The zero-order chi connectivity index (χ0) is 45.0. The molecule has 1 heterocycles. The van der Waals surface area contributed by atoms with Gasteiger partial charge in [0.05, 0.1) is 11.0 Å². The van der Waals surface area contributed by atoms with E-state index in [1.54, 1.807) is 0 Å². The summed E-state index contributed by atoms with van der Waals surface area (Å²) < 4.78 is 2.37. The van der Waals surface area contributed by atoms with Crippen LogP contribution in [0.25, 0.3) is 104 Å². The lowest BCUT2D eigenvalue weighted by molar-refractivity contribution is 1.18. The minimum absolute atomic E-state index is 1.09. The monoisotopic (exact) mass is 864 g/mol. The molecule has 0 spiro atoms. The minimum Gasteiger partial charge on any atom is -0.310 e. The highest BCUT2D eigenvalue weighted by molar-refractivity contribution is 6.10. The van der Waals surface area contributed by atoms with Crippen LogP contribution in [0.3, 0.4) is 0 Å². The standard InChI is InChI=1S/C66H44N2/c1-2-14-47(15-3-1)60-26-12-18-49-19-13-27-61(66(49)60)48-34-39-54(40-35-48)67(56-21-10-20-53(44-56)59-25-11-17-46-16-4-5-22-58(46)59)57-41-36-51-42-50(30-31-52(51)43-57)45-32-37-55(38-33-45)68-64-28-8-6-23-62(64)63-24-7-9-29-65(63)68/h1-44H. The average molecular weight is 865 g/mol. The molecule has 12 aromatic carbocycles. The van der Waals surface area contributed by atoms with E-state index in [1.165, 1.54) is 98.6 Å². The van der Waals surface area contributed by atoms with Gasteiger partial charge < -0.3 is 9.47 Å². The average Bonchev–Trinajstić information content (AvgIpc) is 3.75. The van der Waals surface area contributed by atoms with Crippen molar-refractivity contribution in [2.75, 3.05) is 4.90 Å². The fraction of sp³-hybridized carbons (Fsp3) is 0. The molecule has 0 atom stereocenters. The Morgan fingerprint density at radius 1 is 0.250 bits per heavy atom. The molecule has 0 aliphatic rings. The van der Waals surface area contributed by atoms with Gasteiger partial charge in [0.1, 0.15) is 0 Å². The third kappa shape index (κ3) is 6.82. The van der Waals surface area contributed by atoms with E-state index in [0.29, 0.717) is 0 Å². The van der Waals surface area contributed by atoms with Gasteiger partial charge >= 0.3 is 0 Å². The molecule has 0 radical (unpaired) electrons. The van der Waals surface area contributed by atoms with Crippen molar-refractivity contribution in [3.8, 4) is 50.2 Å². The van der Waals surface area contributed by atoms with Crippen molar-refractivity contribution < 1.29 is 0 Å². The summed E-state index contributed by atoms with van der Waals surface area (Å²) in [5, 5.41) is 9.90. The molecule has 318 valence electrons. The fourth-order valence-electron chi connectivity index (χ4n) is 10.5. The van der Waals surface area contributed by atoms with Crippen LogP contribution in [0.15, 0.2) is 267 Å². The molecular weight excluding hydrogens is 821 g/mol. The molecule has 0 N–H and O–H groups in total. The van der Waals surface area contributed by atoms with Gasteiger partial charge in [-0.1, -0.05) is 200 Å². The maximum atomic E-state index is 2.40. The number of nitrogens with zero attached hydrogens (tertiary/aromatic N) is 2. The summed E-state index contributed by atoms with van der Waals surface area (Å²) in [6.45, 7) is 0. The molecule has 0 amide bonds. The number of benzene rings is 12. The Bertz CT molecular complexity index is 3950. The maximum absolute atomic E-state index is 2.40. The van der Waals surface area contributed by atoms with Crippen molar-refractivity contribution in [2.45, 2.75) is 0 Å². The Labute approximate surface area is 395 Å². The fourth-order valence-corrected chi connectivity index (χ4v) is 10.5. The highest BCUT2D eigenvalue weighted by Crippen LogP contribution is 2.42. The first kappa shape index (κ1) is 39.4. The van der Waals surface area contributed by atoms with Gasteiger partial charge in [-0.15, -0.1) is 0 Å². The van der Waals surface area contributed by atoms with Crippen molar-refractivity contribution >= 4 is 71.2 Å². The van der Waals surface area contributed by atoms with Crippen molar-refractivity contribution in [1.29, 1.82) is 0 Å². The van der Waals surface area contributed by atoms with Gasteiger partial charge in [-0.05, 0) is 144 Å². The number of hydrogen-bond donors (Lipinski definition) is 0. The van der Waals surface area contributed by atoms with Gasteiger partial charge in [-0.2, -0.15) is 0 Å². The van der Waals surface area contributed by atoms with E-state index in [4.69, 9.17) is 0 Å². The molecule has 1 aromatic heterocycles. The van der Waals surface area contributed by atoms with Crippen molar-refractivity contribution in [3.05, 3.63) is 267 Å². The zero-order valence-electron chi connectivity index (χ0n) is 37.3. The molecular formula is C66H44N2. The molecule has 68 heavy (non-hydrogen) atoms. The first-order valence-corrected chi connectivity index (χ1v) is 23.4. The Hall–Kier alpha value is -8.98. The van der Waals surface area contributed by atoms with Crippen LogP contribution in [0.5, 0.6) is 0 Å². The van der Waals surface area contributed by atoms with E-state index in [-0.39, 0.29) is 0 Å². The third-order valence-corrected chi connectivity index (χ3v) is 13.8. The summed E-state index contributed by atoms with van der Waals surface area (Å²) in [5.74, 6) is 0. The highest BCUT2D eigenvalue weighted by atomic mass is 15.1. The van der Waals surface area contributed by atoms with Crippen LogP contribution in [0.4, 0.5) is 17.1 Å². The first-order valence-electron chi connectivity index (χ1n) is 23.4. The summed E-state index contributed by atoms with van der Waals surface area (Å²) in [5.41, 5.74) is 16.5. The van der Waals surface area contributed by atoms with E-state index < -0.39 is 0 Å². The van der Waals surface area contributed by atoms with Gasteiger partial charge in [-0.3, -0.25) is 0 Å². The summed E-state index contributed by atoms with van der Waals surface area (Å²) in [6, 6.07) is 97.5. The predicted molar refractivity (Wildman–Crippen MR) is 290 cm³/mol. The molecule has 0 bridgehead atoms. The predicted octanol–water partition coefficient (Wildman–Crippen LogP) is 18.4. The topological polar surface area (TPSA) is 8.17 Å². The van der Waals surface area contributed by atoms with Crippen molar-refractivity contribution in [3.63, 3.8) is 0 Å². The van der Waals surface area contributed by atoms with E-state index in [1.807, 2.05) is 0 Å². The number of rotatable bonds is 8. The second-order valence-corrected chi connectivity index (χ2v) is 17.7. The van der Waals surface area contributed by atoms with Crippen LogP contribution in [0, 0.1) is 0 Å². The molecule has 0 aliphatic heterocycles. The molecule has 2 heteroatoms. The van der Waals surface area contributed by atoms with Crippen molar-refractivity contribution in [1.82, 2.24) is 4.57 Å². The largest absolute Gasteiger partial charge is 0.310 e. The first-order chi connectivity index (χ1) is 33.7.